The normalized spacial score (nSPS) is 15.3. The van der Waals surface area contributed by atoms with E-state index in [4.69, 9.17) is 10.2 Å². The molecule has 0 saturated carbocycles. The lowest BCUT2D eigenvalue weighted by Crippen LogP contribution is -2.46. The van der Waals surface area contributed by atoms with Crippen molar-refractivity contribution in [3.05, 3.63) is 64.6 Å². The minimum absolute atomic E-state index is 0.155. The number of nitrogens with one attached hydrogen (secondary N) is 1. The van der Waals surface area contributed by atoms with Gasteiger partial charge < -0.3 is 15.1 Å². The molecular weight excluding hydrogens is 330 g/mol. The van der Waals surface area contributed by atoms with Crippen LogP contribution in [0.4, 0.5) is 11.8 Å². The van der Waals surface area contributed by atoms with Crippen molar-refractivity contribution in [3.63, 3.8) is 0 Å². The lowest BCUT2D eigenvalue weighted by atomic mass is 10.0. The third-order valence-electron chi connectivity index (χ3n) is 4.64. The highest BCUT2D eigenvalue weighted by Gasteiger charge is 2.20. The van der Waals surface area contributed by atoms with Crippen molar-refractivity contribution in [1.82, 2.24) is 14.9 Å². The molecule has 4 rings (SSSR count). The first kappa shape index (κ1) is 16.4. The zero-order valence-electron chi connectivity index (χ0n) is 14.4. The van der Waals surface area contributed by atoms with Crippen molar-refractivity contribution >= 4 is 11.8 Å². The summed E-state index contributed by atoms with van der Waals surface area (Å²) < 4.78 is 5.57. The number of nitrogens with two attached hydrogens (primary N) is 1. The average molecular weight is 351 g/mol. The summed E-state index contributed by atoms with van der Waals surface area (Å²) in [5, 5.41) is 0. The second kappa shape index (κ2) is 7.05. The fourth-order valence-corrected chi connectivity index (χ4v) is 3.33. The van der Waals surface area contributed by atoms with Gasteiger partial charge in [0, 0.05) is 44.4 Å². The highest BCUT2D eigenvalue weighted by atomic mass is 16.3. The number of rotatable bonds is 4. The van der Waals surface area contributed by atoms with E-state index in [0.29, 0.717) is 5.82 Å². The Bertz CT molecular complexity index is 927. The molecule has 3 heterocycles. The van der Waals surface area contributed by atoms with Gasteiger partial charge in [-0.3, -0.25) is 14.7 Å². The number of hydrogen-bond donors (Lipinski definition) is 2. The molecule has 3 N–H and O–H groups in total. The molecule has 0 spiro atoms. The fourth-order valence-electron chi connectivity index (χ4n) is 3.33. The standard InChI is InChI=1S/C19H21N5O2/c20-19-21-17(12-18(25)22-19)24-9-7-23(8-10-24)13-14-4-1-2-5-15(14)16-6-3-11-26-16/h1-6,11-12H,7-10,13H2,(H3,20,21,22,25). The van der Waals surface area contributed by atoms with Crippen LogP contribution in [0.1, 0.15) is 5.56 Å². The molecule has 0 bridgehead atoms. The molecule has 0 atom stereocenters. The summed E-state index contributed by atoms with van der Waals surface area (Å²) in [6.45, 7) is 4.25. The van der Waals surface area contributed by atoms with Gasteiger partial charge in [-0.05, 0) is 17.7 Å². The highest BCUT2D eigenvalue weighted by molar-refractivity contribution is 5.61. The lowest BCUT2D eigenvalue weighted by molar-refractivity contribution is 0.249. The highest BCUT2D eigenvalue weighted by Crippen LogP contribution is 2.25. The van der Waals surface area contributed by atoms with Crippen molar-refractivity contribution in [3.8, 4) is 11.3 Å². The molecule has 1 fully saturated rings. The Balaban J connectivity index is 1.44. The van der Waals surface area contributed by atoms with Crippen LogP contribution in [0.25, 0.3) is 11.3 Å². The van der Waals surface area contributed by atoms with Gasteiger partial charge in [0.15, 0.2) is 0 Å². The van der Waals surface area contributed by atoms with Crippen LogP contribution in [-0.4, -0.2) is 41.0 Å². The summed E-state index contributed by atoms with van der Waals surface area (Å²) in [4.78, 5) is 22.8. The Morgan fingerprint density at radius 3 is 2.65 bits per heavy atom. The fraction of sp³-hybridized carbons (Fsp3) is 0.263. The van der Waals surface area contributed by atoms with Gasteiger partial charge in [-0.1, -0.05) is 24.3 Å². The Morgan fingerprint density at radius 2 is 1.92 bits per heavy atom. The molecule has 1 aliphatic rings. The first-order valence-corrected chi connectivity index (χ1v) is 8.65. The van der Waals surface area contributed by atoms with Crippen molar-refractivity contribution in [2.75, 3.05) is 36.8 Å². The number of piperazine rings is 1. The maximum atomic E-state index is 11.6. The molecule has 26 heavy (non-hydrogen) atoms. The summed E-state index contributed by atoms with van der Waals surface area (Å²) in [6, 6.07) is 13.7. The van der Waals surface area contributed by atoms with Crippen molar-refractivity contribution in [1.29, 1.82) is 0 Å². The van der Waals surface area contributed by atoms with E-state index in [1.54, 1.807) is 6.26 Å². The zero-order valence-corrected chi connectivity index (χ0v) is 14.4. The number of aromatic amines is 1. The van der Waals surface area contributed by atoms with Crippen LogP contribution in [0.3, 0.4) is 0 Å². The molecule has 3 aromatic rings. The second-order valence-corrected chi connectivity index (χ2v) is 6.39. The molecule has 0 radical (unpaired) electrons. The molecule has 2 aromatic heterocycles. The maximum Gasteiger partial charge on any atom is 0.254 e. The van der Waals surface area contributed by atoms with E-state index in [2.05, 4.69) is 38.0 Å². The molecule has 7 nitrogen and oxygen atoms in total. The number of nitrogen functional groups attached to an aromatic ring is 1. The number of nitrogens with zero attached hydrogens (tertiary/aromatic N) is 3. The Morgan fingerprint density at radius 1 is 1.12 bits per heavy atom. The molecule has 1 saturated heterocycles. The SMILES string of the molecule is Nc1nc(N2CCN(Cc3ccccc3-c3ccco3)CC2)cc(=O)[nH]1. The number of hydrogen-bond acceptors (Lipinski definition) is 6. The first-order chi connectivity index (χ1) is 12.7. The molecule has 1 aromatic carbocycles. The monoisotopic (exact) mass is 351 g/mol. The van der Waals surface area contributed by atoms with E-state index in [1.807, 2.05) is 18.2 Å². The van der Waals surface area contributed by atoms with E-state index in [9.17, 15) is 4.79 Å². The third kappa shape index (κ3) is 3.48. The van der Waals surface area contributed by atoms with Crippen LogP contribution in [0.15, 0.2) is 57.9 Å². The summed E-state index contributed by atoms with van der Waals surface area (Å²) in [6.07, 6.45) is 1.70. The van der Waals surface area contributed by atoms with Gasteiger partial charge in [-0.2, -0.15) is 4.98 Å². The van der Waals surface area contributed by atoms with Gasteiger partial charge in [-0.25, -0.2) is 0 Å². The van der Waals surface area contributed by atoms with Crippen molar-refractivity contribution < 1.29 is 4.42 Å². The maximum absolute atomic E-state index is 11.6. The van der Waals surface area contributed by atoms with E-state index in [-0.39, 0.29) is 11.5 Å². The first-order valence-electron chi connectivity index (χ1n) is 8.65. The molecule has 0 amide bonds. The van der Waals surface area contributed by atoms with Crippen LogP contribution in [-0.2, 0) is 6.54 Å². The van der Waals surface area contributed by atoms with E-state index >= 15 is 0 Å². The van der Waals surface area contributed by atoms with Crippen LogP contribution in [0.2, 0.25) is 0 Å². The minimum atomic E-state index is -0.220. The predicted octanol–water partition coefficient (Wildman–Crippen LogP) is 1.93. The molecule has 1 aliphatic heterocycles. The Kier molecular flexibility index (Phi) is 4.45. The van der Waals surface area contributed by atoms with Crippen LogP contribution >= 0.6 is 0 Å². The zero-order chi connectivity index (χ0) is 17.9. The molecule has 7 heteroatoms. The van der Waals surface area contributed by atoms with Gasteiger partial charge in [0.25, 0.3) is 5.56 Å². The van der Waals surface area contributed by atoms with E-state index in [0.717, 1.165) is 44.0 Å². The summed E-state index contributed by atoms with van der Waals surface area (Å²) >= 11 is 0. The second-order valence-electron chi connectivity index (χ2n) is 6.39. The summed E-state index contributed by atoms with van der Waals surface area (Å²) in [7, 11) is 0. The minimum Gasteiger partial charge on any atom is -0.464 e. The predicted molar refractivity (Wildman–Crippen MR) is 101 cm³/mol. The van der Waals surface area contributed by atoms with Crippen LogP contribution < -0.4 is 16.2 Å². The number of benzene rings is 1. The summed E-state index contributed by atoms with van der Waals surface area (Å²) in [5.74, 6) is 1.69. The quantitative estimate of drug-likeness (QED) is 0.746. The van der Waals surface area contributed by atoms with Gasteiger partial charge in [0.1, 0.15) is 11.6 Å². The Labute approximate surface area is 151 Å². The summed E-state index contributed by atoms with van der Waals surface area (Å²) in [5.41, 5.74) is 7.80. The van der Waals surface area contributed by atoms with E-state index in [1.165, 1.54) is 11.6 Å². The number of anilines is 2. The number of aromatic nitrogens is 2. The Hall–Kier alpha value is -3.06. The van der Waals surface area contributed by atoms with Crippen LogP contribution in [0, 0.1) is 0 Å². The average Bonchev–Trinajstić information content (AvgIpc) is 3.16. The number of H-pyrrole nitrogens is 1. The molecule has 0 aliphatic carbocycles. The lowest BCUT2D eigenvalue weighted by Gasteiger charge is -2.35. The van der Waals surface area contributed by atoms with Gasteiger partial charge in [0.05, 0.1) is 6.26 Å². The van der Waals surface area contributed by atoms with Crippen molar-refractivity contribution in [2.24, 2.45) is 0 Å². The third-order valence-corrected chi connectivity index (χ3v) is 4.64. The smallest absolute Gasteiger partial charge is 0.254 e. The number of furan rings is 1. The molecule has 134 valence electrons. The van der Waals surface area contributed by atoms with Gasteiger partial charge in [-0.15, -0.1) is 0 Å². The molecule has 0 unspecified atom stereocenters. The topological polar surface area (TPSA) is 91.4 Å². The van der Waals surface area contributed by atoms with Crippen LogP contribution in [0.5, 0.6) is 0 Å². The van der Waals surface area contributed by atoms with Gasteiger partial charge >= 0.3 is 0 Å². The van der Waals surface area contributed by atoms with Gasteiger partial charge in [0.2, 0.25) is 5.95 Å². The van der Waals surface area contributed by atoms with E-state index < -0.39 is 0 Å². The largest absolute Gasteiger partial charge is 0.464 e. The van der Waals surface area contributed by atoms with Crippen molar-refractivity contribution in [2.45, 2.75) is 6.54 Å². The molecular formula is C19H21N5O2.